The molecule has 0 atom stereocenters. The molecule has 0 spiro atoms. The fourth-order valence-corrected chi connectivity index (χ4v) is 2.57. The highest BCUT2D eigenvalue weighted by Crippen LogP contribution is 2.23. The van der Waals surface area contributed by atoms with Crippen molar-refractivity contribution in [1.82, 2.24) is 4.57 Å². The first-order chi connectivity index (χ1) is 11.0. The molecule has 0 radical (unpaired) electrons. The van der Waals surface area contributed by atoms with Crippen molar-refractivity contribution in [3.05, 3.63) is 65.4 Å². The van der Waals surface area contributed by atoms with Crippen molar-refractivity contribution >= 4 is 28.4 Å². The topological polar surface area (TPSA) is 77.1 Å². The highest BCUT2D eigenvalue weighted by atomic mass is 16.2. The lowest BCUT2D eigenvalue weighted by molar-refractivity contribution is 0.0991. The van der Waals surface area contributed by atoms with E-state index >= 15 is 0 Å². The molecule has 1 heterocycles. The number of nitrogens with two attached hydrogens (primary N) is 1. The van der Waals surface area contributed by atoms with Crippen LogP contribution in [0.5, 0.6) is 0 Å². The zero-order valence-electron chi connectivity index (χ0n) is 13.0. The maximum atomic E-state index is 12.3. The van der Waals surface area contributed by atoms with E-state index in [1.807, 2.05) is 31.2 Å². The number of anilines is 1. The van der Waals surface area contributed by atoms with Gasteiger partial charge in [0, 0.05) is 29.2 Å². The maximum absolute atomic E-state index is 12.3. The summed E-state index contributed by atoms with van der Waals surface area (Å²) < 4.78 is 1.74. The second-order valence-corrected chi connectivity index (χ2v) is 5.55. The fraction of sp³-hybridized carbons (Fsp3) is 0.111. The van der Waals surface area contributed by atoms with E-state index < -0.39 is 5.91 Å². The van der Waals surface area contributed by atoms with Crippen LogP contribution in [0.25, 0.3) is 10.9 Å². The Morgan fingerprint density at radius 3 is 2.39 bits per heavy atom. The van der Waals surface area contributed by atoms with Crippen LogP contribution < -0.4 is 11.1 Å². The zero-order chi connectivity index (χ0) is 16.6. The summed E-state index contributed by atoms with van der Waals surface area (Å²) in [6.45, 7) is 1.97. The van der Waals surface area contributed by atoms with Gasteiger partial charge in [-0.05, 0) is 43.3 Å². The van der Waals surface area contributed by atoms with Crippen LogP contribution in [0.1, 0.15) is 26.4 Å². The SMILES string of the molecule is Cc1ccc(C(=O)Nc2ccc3c(c2)cc(C(N)=O)n3C)cc1. The molecule has 3 rings (SSSR count). The van der Waals surface area contributed by atoms with Gasteiger partial charge in [0.05, 0.1) is 0 Å². The Morgan fingerprint density at radius 1 is 1.04 bits per heavy atom. The standard InChI is InChI=1S/C18H17N3O2/c1-11-3-5-12(6-4-11)18(23)20-14-7-8-15-13(9-14)10-16(17(19)22)21(15)2/h3-10H,1-2H3,(H2,19,22)(H,20,23). The number of rotatable bonds is 3. The van der Waals surface area contributed by atoms with E-state index in [0.717, 1.165) is 16.5 Å². The molecule has 0 saturated heterocycles. The number of carbonyl (C=O) groups is 2. The van der Waals surface area contributed by atoms with E-state index in [0.29, 0.717) is 16.9 Å². The Bertz CT molecular complexity index is 908. The molecular weight excluding hydrogens is 290 g/mol. The molecule has 0 aliphatic carbocycles. The maximum Gasteiger partial charge on any atom is 0.265 e. The summed E-state index contributed by atoms with van der Waals surface area (Å²) in [5.74, 6) is -0.649. The van der Waals surface area contributed by atoms with Gasteiger partial charge in [0.25, 0.3) is 11.8 Å². The minimum atomic E-state index is -0.478. The molecule has 5 heteroatoms. The summed E-state index contributed by atoms with van der Waals surface area (Å²) in [4.78, 5) is 23.6. The van der Waals surface area contributed by atoms with E-state index in [1.165, 1.54) is 0 Å². The molecule has 3 N–H and O–H groups in total. The fourth-order valence-electron chi connectivity index (χ4n) is 2.57. The molecular formula is C18H17N3O2. The summed E-state index contributed by atoms with van der Waals surface area (Å²) in [5.41, 5.74) is 9.04. The second kappa shape index (κ2) is 5.61. The number of aryl methyl sites for hydroxylation is 2. The molecule has 2 amide bonds. The van der Waals surface area contributed by atoms with Gasteiger partial charge in [-0.1, -0.05) is 17.7 Å². The highest BCUT2D eigenvalue weighted by Gasteiger charge is 2.11. The van der Waals surface area contributed by atoms with Crippen molar-refractivity contribution in [2.24, 2.45) is 12.8 Å². The van der Waals surface area contributed by atoms with Gasteiger partial charge in [-0.15, -0.1) is 0 Å². The van der Waals surface area contributed by atoms with Crippen LogP contribution in [0, 0.1) is 6.92 Å². The average molecular weight is 307 g/mol. The van der Waals surface area contributed by atoms with E-state index in [4.69, 9.17) is 5.73 Å². The number of amides is 2. The Morgan fingerprint density at radius 2 is 1.74 bits per heavy atom. The van der Waals surface area contributed by atoms with Gasteiger partial charge in [0.1, 0.15) is 5.69 Å². The van der Waals surface area contributed by atoms with Gasteiger partial charge in [-0.2, -0.15) is 0 Å². The molecule has 0 aliphatic heterocycles. The van der Waals surface area contributed by atoms with Crippen molar-refractivity contribution in [3.63, 3.8) is 0 Å². The van der Waals surface area contributed by atoms with Gasteiger partial charge in [-0.25, -0.2) is 0 Å². The van der Waals surface area contributed by atoms with Crippen LogP contribution in [-0.4, -0.2) is 16.4 Å². The first-order valence-electron chi connectivity index (χ1n) is 7.23. The van der Waals surface area contributed by atoms with Crippen molar-refractivity contribution < 1.29 is 9.59 Å². The quantitative estimate of drug-likeness (QED) is 0.780. The lowest BCUT2D eigenvalue weighted by atomic mass is 10.1. The number of hydrogen-bond acceptors (Lipinski definition) is 2. The molecule has 2 aromatic carbocycles. The minimum absolute atomic E-state index is 0.171. The van der Waals surface area contributed by atoms with Crippen LogP contribution in [0.3, 0.4) is 0 Å². The Labute approximate surface area is 133 Å². The molecule has 0 saturated carbocycles. The monoisotopic (exact) mass is 307 g/mol. The lowest BCUT2D eigenvalue weighted by Gasteiger charge is -2.06. The van der Waals surface area contributed by atoms with Crippen molar-refractivity contribution in [1.29, 1.82) is 0 Å². The zero-order valence-corrected chi connectivity index (χ0v) is 13.0. The number of nitrogens with zero attached hydrogens (tertiary/aromatic N) is 1. The number of nitrogens with one attached hydrogen (secondary N) is 1. The molecule has 5 nitrogen and oxygen atoms in total. The number of hydrogen-bond donors (Lipinski definition) is 2. The van der Waals surface area contributed by atoms with E-state index in [-0.39, 0.29) is 5.91 Å². The van der Waals surface area contributed by atoms with Crippen LogP contribution in [0.15, 0.2) is 48.5 Å². The second-order valence-electron chi connectivity index (χ2n) is 5.55. The third-order valence-corrected chi connectivity index (χ3v) is 3.87. The molecule has 23 heavy (non-hydrogen) atoms. The van der Waals surface area contributed by atoms with Crippen LogP contribution >= 0.6 is 0 Å². The molecule has 1 aromatic heterocycles. The van der Waals surface area contributed by atoms with Crippen LogP contribution in [-0.2, 0) is 7.05 Å². The molecule has 3 aromatic rings. The van der Waals surface area contributed by atoms with Crippen molar-refractivity contribution in [2.75, 3.05) is 5.32 Å². The van der Waals surface area contributed by atoms with Gasteiger partial charge in [0.2, 0.25) is 0 Å². The number of aromatic nitrogens is 1. The highest BCUT2D eigenvalue weighted by molar-refractivity contribution is 6.05. The summed E-state index contributed by atoms with van der Waals surface area (Å²) in [7, 11) is 1.78. The number of benzene rings is 2. The largest absolute Gasteiger partial charge is 0.364 e. The summed E-state index contributed by atoms with van der Waals surface area (Å²) in [6, 6.07) is 14.6. The Hall–Kier alpha value is -3.08. The lowest BCUT2D eigenvalue weighted by Crippen LogP contribution is -2.14. The average Bonchev–Trinajstić information content (AvgIpc) is 2.84. The minimum Gasteiger partial charge on any atom is -0.364 e. The molecule has 116 valence electrons. The Balaban J connectivity index is 1.90. The molecule has 0 unspecified atom stereocenters. The summed E-state index contributed by atoms with van der Waals surface area (Å²) in [6.07, 6.45) is 0. The Kier molecular flexibility index (Phi) is 3.62. The molecule has 0 fully saturated rings. The number of primary amides is 1. The number of fused-ring (bicyclic) bond motifs is 1. The molecule has 0 bridgehead atoms. The van der Waals surface area contributed by atoms with Crippen molar-refractivity contribution in [3.8, 4) is 0 Å². The predicted octanol–water partition coefficient (Wildman–Crippen LogP) is 2.84. The first-order valence-corrected chi connectivity index (χ1v) is 7.23. The van der Waals surface area contributed by atoms with Gasteiger partial charge in [-0.3, -0.25) is 9.59 Å². The third kappa shape index (κ3) is 2.81. The van der Waals surface area contributed by atoms with E-state index in [2.05, 4.69) is 5.32 Å². The normalized spacial score (nSPS) is 10.7. The third-order valence-electron chi connectivity index (χ3n) is 3.87. The van der Waals surface area contributed by atoms with Crippen molar-refractivity contribution in [2.45, 2.75) is 6.92 Å². The predicted molar refractivity (Wildman–Crippen MR) is 90.6 cm³/mol. The van der Waals surface area contributed by atoms with E-state index in [1.54, 1.807) is 35.9 Å². The van der Waals surface area contributed by atoms with Gasteiger partial charge < -0.3 is 15.6 Å². The van der Waals surface area contributed by atoms with E-state index in [9.17, 15) is 9.59 Å². The summed E-state index contributed by atoms with van der Waals surface area (Å²) >= 11 is 0. The molecule has 0 aliphatic rings. The van der Waals surface area contributed by atoms with Gasteiger partial charge >= 0.3 is 0 Å². The van der Waals surface area contributed by atoms with Crippen LogP contribution in [0.2, 0.25) is 0 Å². The number of carbonyl (C=O) groups excluding carboxylic acids is 2. The summed E-state index contributed by atoms with van der Waals surface area (Å²) in [5, 5.41) is 3.71. The van der Waals surface area contributed by atoms with Crippen LogP contribution in [0.4, 0.5) is 5.69 Å². The smallest absolute Gasteiger partial charge is 0.265 e. The van der Waals surface area contributed by atoms with Gasteiger partial charge in [0.15, 0.2) is 0 Å². The first kappa shape index (κ1) is 14.8.